The molecule has 3 aromatic heterocycles. The Kier molecular flexibility index (Phi) is 6.97. The molecule has 12 aromatic rings. The van der Waals surface area contributed by atoms with Gasteiger partial charge < -0.3 is 8.83 Å². The van der Waals surface area contributed by atoms with Gasteiger partial charge in [-0.25, -0.2) is 15.0 Å². The zero-order valence-electron chi connectivity index (χ0n) is 33.7. The van der Waals surface area contributed by atoms with E-state index in [0.29, 0.717) is 17.5 Å². The fourth-order valence-electron chi connectivity index (χ4n) is 10.8. The minimum atomic E-state index is -0.631. The van der Waals surface area contributed by atoms with Crippen LogP contribution in [0.4, 0.5) is 0 Å². The molecule has 14 rings (SSSR count). The summed E-state index contributed by atoms with van der Waals surface area (Å²) in [5.41, 5.74) is 17.6. The molecule has 0 saturated carbocycles. The van der Waals surface area contributed by atoms with Crippen LogP contribution in [-0.2, 0) is 5.41 Å². The van der Waals surface area contributed by atoms with E-state index in [0.717, 1.165) is 66.1 Å². The average Bonchev–Trinajstić information content (AvgIpc) is 3.99. The Morgan fingerprint density at radius 3 is 1.24 bits per heavy atom. The number of hydrogen-bond donors (Lipinski definition) is 0. The molecule has 63 heavy (non-hydrogen) atoms. The third-order valence-corrected chi connectivity index (χ3v) is 13.4. The summed E-state index contributed by atoms with van der Waals surface area (Å²) in [5.74, 6) is 1.77. The van der Waals surface area contributed by atoms with Crippen LogP contribution in [0.3, 0.4) is 0 Å². The molecule has 0 atom stereocenters. The molecule has 0 bridgehead atoms. The molecule has 292 valence electrons. The summed E-state index contributed by atoms with van der Waals surface area (Å²) in [6.07, 6.45) is 0. The van der Waals surface area contributed by atoms with Crippen LogP contribution >= 0.6 is 0 Å². The first kappa shape index (κ1) is 34.3. The van der Waals surface area contributed by atoms with E-state index in [1.165, 1.54) is 50.1 Å². The van der Waals surface area contributed by atoms with Crippen LogP contribution in [0, 0.1) is 0 Å². The molecule has 3 heterocycles. The number of nitrogens with zero attached hydrogens (tertiary/aromatic N) is 3. The van der Waals surface area contributed by atoms with E-state index in [1.807, 2.05) is 48.5 Å². The van der Waals surface area contributed by atoms with E-state index >= 15 is 0 Å². The number of fused-ring (bicyclic) bond motifs is 18. The van der Waals surface area contributed by atoms with E-state index < -0.39 is 5.41 Å². The van der Waals surface area contributed by atoms with Crippen LogP contribution < -0.4 is 0 Å². The maximum Gasteiger partial charge on any atom is 0.164 e. The maximum absolute atomic E-state index is 6.25. The Hall–Kier alpha value is -8.41. The van der Waals surface area contributed by atoms with Gasteiger partial charge in [0.25, 0.3) is 0 Å². The maximum atomic E-state index is 6.25. The number of furan rings is 2. The highest BCUT2D eigenvalue weighted by Crippen LogP contribution is 2.62. The molecular weight excluding hydrogens is 771 g/mol. The number of rotatable bonds is 3. The van der Waals surface area contributed by atoms with Crippen molar-refractivity contribution < 1.29 is 8.83 Å². The quantitative estimate of drug-likeness (QED) is 0.178. The zero-order chi connectivity index (χ0) is 41.2. The van der Waals surface area contributed by atoms with Gasteiger partial charge in [0.05, 0.1) is 5.41 Å². The number of hydrogen-bond acceptors (Lipinski definition) is 5. The first-order valence-electron chi connectivity index (χ1n) is 21.3. The first-order chi connectivity index (χ1) is 31.2. The fraction of sp³-hybridized carbons (Fsp3) is 0.0172. The van der Waals surface area contributed by atoms with Crippen molar-refractivity contribution in [1.29, 1.82) is 0 Å². The molecule has 0 unspecified atom stereocenters. The summed E-state index contributed by atoms with van der Waals surface area (Å²) >= 11 is 0. The molecule has 2 aliphatic rings. The summed E-state index contributed by atoms with van der Waals surface area (Å²) in [5, 5.41) is 4.13. The largest absolute Gasteiger partial charge is 0.456 e. The van der Waals surface area contributed by atoms with Gasteiger partial charge in [-0.05, 0) is 104 Å². The Labute approximate surface area is 361 Å². The van der Waals surface area contributed by atoms with Crippen molar-refractivity contribution in [2.75, 3.05) is 0 Å². The van der Waals surface area contributed by atoms with Crippen molar-refractivity contribution >= 4 is 43.9 Å². The molecular formula is C58H33N3O2. The topological polar surface area (TPSA) is 65.0 Å². The minimum absolute atomic E-state index is 0.582. The van der Waals surface area contributed by atoms with E-state index in [9.17, 15) is 0 Å². The molecule has 0 saturated heterocycles. The fourth-order valence-corrected chi connectivity index (χ4v) is 10.8. The second kappa shape index (κ2) is 12.8. The normalized spacial score (nSPS) is 13.2. The highest BCUT2D eigenvalue weighted by Gasteiger charge is 2.50. The molecule has 9 aromatic carbocycles. The summed E-state index contributed by atoms with van der Waals surface area (Å²) in [6.45, 7) is 0. The third kappa shape index (κ3) is 4.73. The van der Waals surface area contributed by atoms with Gasteiger partial charge in [-0.3, -0.25) is 0 Å². The molecule has 0 radical (unpaired) electrons. The van der Waals surface area contributed by atoms with Gasteiger partial charge in [-0.2, -0.15) is 0 Å². The van der Waals surface area contributed by atoms with Gasteiger partial charge in [0.1, 0.15) is 22.3 Å². The van der Waals surface area contributed by atoms with Crippen LogP contribution in [0.2, 0.25) is 0 Å². The molecule has 2 aliphatic carbocycles. The van der Waals surface area contributed by atoms with Crippen LogP contribution in [-0.4, -0.2) is 15.0 Å². The molecule has 5 nitrogen and oxygen atoms in total. The van der Waals surface area contributed by atoms with Crippen molar-refractivity contribution in [3.05, 3.63) is 222 Å². The van der Waals surface area contributed by atoms with Gasteiger partial charge in [0, 0.05) is 38.2 Å². The molecule has 5 heteroatoms. The number of benzene rings is 9. The standard InChI is InChI=1S/C58H33N3O2/c1-2-15-37-36(14-1)38-16-3-8-22-46(38)58(47-23-9-4-17-39(37)47)48-24-10-5-20-42(48)54-43(21-13-25-49(54)58)57-60-55(34-28-30-52-44(32-34)40-18-6-11-26-50(40)62-52)59-56(61-57)35-29-31-53-45(33-35)41-19-7-12-27-51(41)63-53/h1-33H. The van der Waals surface area contributed by atoms with Crippen LogP contribution in [0.5, 0.6) is 0 Å². The minimum Gasteiger partial charge on any atom is -0.456 e. The Bertz CT molecular complexity index is 3690. The SMILES string of the molecule is c1ccc2c(c1)-c1ccccc1C1(c3ccccc3-2)c2ccccc2-c2c(-c3nc(-c4ccc5oc6ccccc6c5c4)nc(-c4ccc5oc6ccccc6c5c4)n3)cccc21. The van der Waals surface area contributed by atoms with Gasteiger partial charge in [-0.15, -0.1) is 0 Å². The second-order valence-electron chi connectivity index (χ2n) is 16.6. The summed E-state index contributed by atoms with van der Waals surface area (Å²) in [6, 6.07) is 71.2. The second-order valence-corrected chi connectivity index (χ2v) is 16.6. The van der Waals surface area contributed by atoms with Crippen LogP contribution in [0.15, 0.2) is 209 Å². The zero-order valence-corrected chi connectivity index (χ0v) is 33.7. The molecule has 0 N–H and O–H groups in total. The Morgan fingerprint density at radius 2 is 0.683 bits per heavy atom. The van der Waals surface area contributed by atoms with E-state index in [2.05, 4.69) is 152 Å². The lowest BCUT2D eigenvalue weighted by molar-refractivity contribution is 0.668. The van der Waals surface area contributed by atoms with Gasteiger partial charge in [0.15, 0.2) is 17.5 Å². The lowest BCUT2D eigenvalue weighted by Gasteiger charge is -2.35. The van der Waals surface area contributed by atoms with Crippen molar-refractivity contribution in [3.8, 4) is 67.5 Å². The third-order valence-electron chi connectivity index (χ3n) is 13.4. The Morgan fingerprint density at radius 1 is 0.286 bits per heavy atom. The summed E-state index contributed by atoms with van der Waals surface area (Å²) < 4.78 is 12.5. The highest BCUT2D eigenvalue weighted by molar-refractivity contribution is 6.07. The van der Waals surface area contributed by atoms with Crippen molar-refractivity contribution in [2.45, 2.75) is 5.41 Å². The van der Waals surface area contributed by atoms with E-state index in [4.69, 9.17) is 23.8 Å². The monoisotopic (exact) mass is 803 g/mol. The van der Waals surface area contributed by atoms with Gasteiger partial charge in [0.2, 0.25) is 0 Å². The smallest absolute Gasteiger partial charge is 0.164 e. The summed E-state index contributed by atoms with van der Waals surface area (Å²) in [4.78, 5) is 16.1. The average molecular weight is 804 g/mol. The molecule has 0 aliphatic heterocycles. The van der Waals surface area contributed by atoms with Gasteiger partial charge >= 0.3 is 0 Å². The highest BCUT2D eigenvalue weighted by atomic mass is 16.3. The molecule has 0 fully saturated rings. The molecule has 0 amide bonds. The van der Waals surface area contributed by atoms with Crippen LogP contribution in [0.25, 0.3) is 111 Å². The summed E-state index contributed by atoms with van der Waals surface area (Å²) in [7, 11) is 0. The van der Waals surface area contributed by atoms with E-state index in [1.54, 1.807) is 0 Å². The first-order valence-corrected chi connectivity index (χ1v) is 21.3. The number of aromatic nitrogens is 3. The lowest BCUT2D eigenvalue weighted by atomic mass is 9.66. The predicted molar refractivity (Wildman–Crippen MR) is 252 cm³/mol. The lowest BCUT2D eigenvalue weighted by Crippen LogP contribution is -2.29. The van der Waals surface area contributed by atoms with Crippen molar-refractivity contribution in [1.82, 2.24) is 15.0 Å². The predicted octanol–water partition coefficient (Wildman–Crippen LogP) is 14.7. The van der Waals surface area contributed by atoms with E-state index in [-0.39, 0.29) is 0 Å². The van der Waals surface area contributed by atoms with Crippen LogP contribution in [0.1, 0.15) is 22.3 Å². The molecule has 1 spiro atoms. The Balaban J connectivity index is 1.06. The van der Waals surface area contributed by atoms with Crippen molar-refractivity contribution in [2.24, 2.45) is 0 Å². The number of para-hydroxylation sites is 2. The van der Waals surface area contributed by atoms with Gasteiger partial charge in [-0.1, -0.05) is 152 Å². The van der Waals surface area contributed by atoms with Crippen molar-refractivity contribution in [3.63, 3.8) is 0 Å².